The molecule has 1 saturated heterocycles. The molecule has 0 radical (unpaired) electrons. The smallest absolute Gasteiger partial charge is 0.242 e. The summed E-state index contributed by atoms with van der Waals surface area (Å²) in [6, 6.07) is 13.6. The molecule has 1 heterocycles. The predicted octanol–water partition coefficient (Wildman–Crippen LogP) is 1.90. The molecule has 0 amide bonds. The molecule has 0 saturated carbocycles. The lowest BCUT2D eigenvalue weighted by molar-refractivity contribution is -0.0869. The van der Waals surface area contributed by atoms with Crippen LogP contribution in [0.2, 0.25) is 5.02 Å². The van der Waals surface area contributed by atoms with Gasteiger partial charge in [-0.05, 0) is 43.5 Å². The van der Waals surface area contributed by atoms with Crippen LogP contribution in [0.4, 0.5) is 0 Å². The molecule has 0 aliphatic carbocycles. The van der Waals surface area contributed by atoms with Crippen LogP contribution in [0.5, 0.6) is 0 Å². The fourth-order valence-corrected chi connectivity index (χ4v) is 6.33. The number of benzene rings is 2. The fourth-order valence-electron chi connectivity index (χ4n) is 3.44. The van der Waals surface area contributed by atoms with Crippen LogP contribution in [-0.4, -0.2) is 53.3 Å². The van der Waals surface area contributed by atoms with Gasteiger partial charge >= 0.3 is 0 Å². The third-order valence-corrected chi connectivity index (χ3v) is 8.51. The molecule has 0 aromatic heterocycles. The molecule has 2 aromatic carbocycles. The highest BCUT2D eigenvalue weighted by Crippen LogP contribution is 2.24. The largest absolute Gasteiger partial charge is 0.394 e. The average molecular weight is 489 g/mol. The number of hydrogen-bond donors (Lipinski definition) is 3. The lowest BCUT2D eigenvalue weighted by atomic mass is 9.98. The highest BCUT2D eigenvalue weighted by Gasteiger charge is 2.34. The predicted molar refractivity (Wildman–Crippen MR) is 117 cm³/mol. The minimum Gasteiger partial charge on any atom is -0.394 e. The minimum atomic E-state index is -3.75. The van der Waals surface area contributed by atoms with Gasteiger partial charge < -0.3 is 9.84 Å². The van der Waals surface area contributed by atoms with E-state index in [1.165, 1.54) is 24.3 Å². The topological polar surface area (TPSA) is 122 Å². The Hall–Kier alpha value is -1.53. The molecule has 11 heteroatoms. The van der Waals surface area contributed by atoms with Gasteiger partial charge in [-0.1, -0.05) is 41.9 Å². The van der Waals surface area contributed by atoms with Crippen LogP contribution < -0.4 is 9.44 Å². The zero-order chi connectivity index (χ0) is 22.5. The molecule has 3 rings (SSSR count). The number of aliphatic hydroxyl groups is 1. The summed E-state index contributed by atoms with van der Waals surface area (Å²) in [5, 5.41) is 9.83. The molecule has 0 unspecified atom stereocenters. The molecule has 31 heavy (non-hydrogen) atoms. The van der Waals surface area contributed by atoms with Crippen molar-refractivity contribution in [2.24, 2.45) is 0 Å². The molecule has 3 atom stereocenters. The number of halogens is 1. The summed E-state index contributed by atoms with van der Waals surface area (Å²) in [6.07, 6.45) is 0.310. The van der Waals surface area contributed by atoms with Crippen LogP contribution in [0.15, 0.2) is 64.4 Å². The van der Waals surface area contributed by atoms with Gasteiger partial charge in [-0.15, -0.1) is 0 Å². The Bertz CT molecular complexity index is 1080. The molecule has 2 aromatic rings. The summed E-state index contributed by atoms with van der Waals surface area (Å²) in [4.78, 5) is 0.146. The Morgan fingerprint density at radius 1 is 0.968 bits per heavy atom. The zero-order valence-electron chi connectivity index (χ0n) is 16.6. The molecule has 170 valence electrons. The monoisotopic (exact) mass is 488 g/mol. The van der Waals surface area contributed by atoms with Crippen molar-refractivity contribution in [3.8, 4) is 0 Å². The lowest BCUT2D eigenvalue weighted by Crippen LogP contribution is -2.51. The number of nitrogens with one attached hydrogen (secondary N) is 2. The maximum atomic E-state index is 12.6. The quantitative estimate of drug-likeness (QED) is 0.495. The molecule has 0 bridgehead atoms. The van der Waals surface area contributed by atoms with Crippen LogP contribution in [0.25, 0.3) is 0 Å². The van der Waals surface area contributed by atoms with E-state index in [1.807, 2.05) is 0 Å². The molecule has 1 fully saturated rings. The van der Waals surface area contributed by atoms with E-state index in [0.717, 1.165) is 0 Å². The second-order valence-corrected chi connectivity index (χ2v) is 11.1. The van der Waals surface area contributed by atoms with E-state index in [4.69, 9.17) is 16.3 Å². The highest BCUT2D eigenvalue weighted by atomic mass is 35.5. The molecule has 0 spiro atoms. The molecule has 1 aliphatic rings. The van der Waals surface area contributed by atoms with Crippen molar-refractivity contribution in [3.63, 3.8) is 0 Å². The van der Waals surface area contributed by atoms with Crippen LogP contribution in [0.1, 0.15) is 19.3 Å². The highest BCUT2D eigenvalue weighted by molar-refractivity contribution is 7.89. The van der Waals surface area contributed by atoms with Gasteiger partial charge in [-0.25, -0.2) is 26.3 Å². The van der Waals surface area contributed by atoms with Gasteiger partial charge in [0.25, 0.3) is 0 Å². The Balaban J connectivity index is 1.55. The summed E-state index contributed by atoms with van der Waals surface area (Å²) in [5.41, 5.74) is 0. The van der Waals surface area contributed by atoms with Crippen molar-refractivity contribution >= 4 is 31.6 Å². The van der Waals surface area contributed by atoms with E-state index in [-0.39, 0.29) is 34.1 Å². The summed E-state index contributed by atoms with van der Waals surface area (Å²) in [6.45, 7) is -0.236. The average Bonchev–Trinajstić information content (AvgIpc) is 2.75. The normalized spacial score (nSPS) is 22.3. The number of hydrogen-bond acceptors (Lipinski definition) is 6. The number of sulfonamides is 2. The van der Waals surface area contributed by atoms with E-state index in [0.29, 0.717) is 19.3 Å². The Morgan fingerprint density at radius 2 is 1.65 bits per heavy atom. The van der Waals surface area contributed by atoms with E-state index in [9.17, 15) is 21.9 Å². The molecule has 3 N–H and O–H groups in total. The maximum absolute atomic E-state index is 12.6. The number of aliphatic hydroxyl groups excluding tert-OH is 1. The van der Waals surface area contributed by atoms with Crippen molar-refractivity contribution in [1.29, 1.82) is 0 Å². The first-order chi connectivity index (χ1) is 14.7. The summed E-state index contributed by atoms with van der Waals surface area (Å²) in [5.74, 6) is 0. The molecular weight excluding hydrogens is 464 g/mol. The van der Waals surface area contributed by atoms with Crippen LogP contribution in [-0.2, 0) is 24.8 Å². The van der Waals surface area contributed by atoms with Crippen molar-refractivity contribution < 1.29 is 26.7 Å². The maximum Gasteiger partial charge on any atom is 0.242 e. The molecule has 1 aliphatic heterocycles. The summed E-state index contributed by atoms with van der Waals surface area (Å²) < 4.78 is 60.9. The third kappa shape index (κ3) is 6.26. The summed E-state index contributed by atoms with van der Waals surface area (Å²) in [7, 11) is -7.49. The van der Waals surface area contributed by atoms with Gasteiger partial charge in [0.1, 0.15) is 4.90 Å². The van der Waals surface area contributed by atoms with Gasteiger partial charge in [0.2, 0.25) is 20.0 Å². The lowest BCUT2D eigenvalue weighted by Gasteiger charge is -2.36. The second-order valence-electron chi connectivity index (χ2n) is 7.21. The Kier molecular flexibility index (Phi) is 8.08. The zero-order valence-corrected chi connectivity index (χ0v) is 19.0. The Labute approximate surface area is 187 Å². The van der Waals surface area contributed by atoms with Gasteiger partial charge in [0, 0.05) is 6.54 Å². The number of rotatable bonds is 9. The second kappa shape index (κ2) is 10.4. The SMILES string of the molecule is O=S(=O)(N[C@H]1CC[C@H](CCNS(=O)(=O)c2ccccc2Cl)O[C@H]1CO)c1ccccc1. The first kappa shape index (κ1) is 24.1. The van der Waals surface area contributed by atoms with Gasteiger partial charge in [-0.2, -0.15) is 0 Å². The van der Waals surface area contributed by atoms with Gasteiger partial charge in [0.15, 0.2) is 0 Å². The van der Waals surface area contributed by atoms with Crippen molar-refractivity contribution in [3.05, 3.63) is 59.6 Å². The minimum absolute atomic E-state index is 0.00449. The van der Waals surface area contributed by atoms with E-state index in [1.54, 1.807) is 30.3 Å². The van der Waals surface area contributed by atoms with Crippen LogP contribution in [0.3, 0.4) is 0 Å². The first-order valence-electron chi connectivity index (χ1n) is 9.81. The Morgan fingerprint density at radius 3 is 2.32 bits per heavy atom. The third-order valence-electron chi connectivity index (χ3n) is 5.04. The van der Waals surface area contributed by atoms with Crippen LogP contribution in [0, 0.1) is 0 Å². The van der Waals surface area contributed by atoms with Gasteiger partial charge in [0.05, 0.1) is 34.8 Å². The standard InChI is InChI=1S/C20H25ClN2O6S2/c21-17-8-4-5-9-20(17)31(27,28)22-13-12-15-10-11-18(19(14-24)29-15)23-30(25,26)16-6-2-1-3-7-16/h1-9,15,18-19,22-24H,10-14H2/t15-,18+,19+/m1/s1. The van der Waals surface area contributed by atoms with Gasteiger partial charge in [-0.3, -0.25) is 0 Å². The van der Waals surface area contributed by atoms with E-state index < -0.39 is 32.2 Å². The van der Waals surface area contributed by atoms with Crippen molar-refractivity contribution in [2.75, 3.05) is 13.2 Å². The first-order valence-corrected chi connectivity index (χ1v) is 13.2. The van der Waals surface area contributed by atoms with Crippen LogP contribution >= 0.6 is 11.6 Å². The van der Waals surface area contributed by atoms with Crippen molar-refractivity contribution in [2.45, 2.75) is 47.3 Å². The van der Waals surface area contributed by atoms with E-state index >= 15 is 0 Å². The van der Waals surface area contributed by atoms with Crippen molar-refractivity contribution in [1.82, 2.24) is 9.44 Å². The fraction of sp³-hybridized carbons (Fsp3) is 0.400. The molecule has 8 nitrogen and oxygen atoms in total. The summed E-state index contributed by atoms with van der Waals surface area (Å²) >= 11 is 5.96. The molecular formula is C20H25ClN2O6S2. The number of ether oxygens (including phenoxy) is 1. The van der Waals surface area contributed by atoms with E-state index in [2.05, 4.69) is 9.44 Å².